The minimum absolute atomic E-state index is 0.402. The molecule has 0 saturated carbocycles. The molecule has 1 aliphatic heterocycles. The van der Waals surface area contributed by atoms with Crippen molar-refractivity contribution in [3.05, 3.63) is 12.4 Å². The van der Waals surface area contributed by atoms with E-state index in [0.29, 0.717) is 19.6 Å². The lowest BCUT2D eigenvalue weighted by Crippen LogP contribution is -2.46. The van der Waals surface area contributed by atoms with Gasteiger partial charge >= 0.3 is 0 Å². The molecule has 2 N–H and O–H groups in total. The van der Waals surface area contributed by atoms with E-state index in [1.807, 2.05) is 0 Å². The normalized spacial score (nSPS) is 33.1. The van der Waals surface area contributed by atoms with Gasteiger partial charge in [-0.15, -0.1) is 5.10 Å². The van der Waals surface area contributed by atoms with E-state index < -0.39 is 18.3 Å². The van der Waals surface area contributed by atoms with Crippen LogP contribution in [0.25, 0.3) is 0 Å². The van der Waals surface area contributed by atoms with Crippen LogP contribution in [0.2, 0.25) is 0 Å². The summed E-state index contributed by atoms with van der Waals surface area (Å²) in [5.74, 6) is 0. The van der Waals surface area contributed by atoms with E-state index in [9.17, 15) is 10.2 Å². The zero-order valence-electron chi connectivity index (χ0n) is 7.65. The molecule has 0 amide bonds. The molecule has 0 bridgehead atoms. The number of aliphatic hydroxyl groups is 2. The van der Waals surface area contributed by atoms with Gasteiger partial charge in [0.05, 0.1) is 18.8 Å². The monoisotopic (exact) mass is 199 g/mol. The third-order valence-corrected chi connectivity index (χ3v) is 2.36. The third kappa shape index (κ3) is 1.92. The maximum absolute atomic E-state index is 9.60. The van der Waals surface area contributed by atoms with Gasteiger partial charge in [-0.1, -0.05) is 5.21 Å². The van der Waals surface area contributed by atoms with Gasteiger partial charge in [-0.25, -0.2) is 4.68 Å². The van der Waals surface area contributed by atoms with Crippen LogP contribution in [0.3, 0.4) is 0 Å². The molecule has 0 aromatic carbocycles. The van der Waals surface area contributed by atoms with Gasteiger partial charge < -0.3 is 14.9 Å². The van der Waals surface area contributed by atoms with E-state index in [-0.39, 0.29) is 0 Å². The van der Waals surface area contributed by atoms with Crippen LogP contribution in [0.5, 0.6) is 0 Å². The molecule has 2 unspecified atom stereocenters. The minimum Gasteiger partial charge on any atom is -0.390 e. The Morgan fingerprint density at radius 2 is 2.36 bits per heavy atom. The van der Waals surface area contributed by atoms with Crippen LogP contribution in [0.1, 0.15) is 6.42 Å². The number of hydrogen-bond donors (Lipinski definition) is 2. The highest BCUT2D eigenvalue weighted by atomic mass is 16.5. The molecule has 2 heterocycles. The van der Waals surface area contributed by atoms with Gasteiger partial charge in [0, 0.05) is 12.8 Å². The molecule has 0 spiro atoms. The van der Waals surface area contributed by atoms with Crippen molar-refractivity contribution < 1.29 is 14.9 Å². The lowest BCUT2D eigenvalue weighted by molar-refractivity contribution is -0.140. The fourth-order valence-electron chi connectivity index (χ4n) is 1.53. The van der Waals surface area contributed by atoms with Gasteiger partial charge in [0.2, 0.25) is 0 Å². The van der Waals surface area contributed by atoms with E-state index in [2.05, 4.69) is 10.3 Å². The average Bonchev–Trinajstić information content (AvgIpc) is 2.66. The Hall–Kier alpha value is -0.980. The van der Waals surface area contributed by atoms with Crippen molar-refractivity contribution in [2.75, 3.05) is 6.61 Å². The molecule has 1 aromatic heterocycles. The predicted molar refractivity (Wildman–Crippen MR) is 46.4 cm³/mol. The summed E-state index contributed by atoms with van der Waals surface area (Å²) in [7, 11) is 0. The van der Waals surface area contributed by atoms with Crippen molar-refractivity contribution in [1.29, 1.82) is 0 Å². The van der Waals surface area contributed by atoms with Crippen molar-refractivity contribution in [1.82, 2.24) is 15.0 Å². The lowest BCUT2D eigenvalue weighted by atomic mass is 10.0. The lowest BCUT2D eigenvalue weighted by Gasteiger charge is -2.31. The number of aliphatic hydroxyl groups excluding tert-OH is 2. The summed E-state index contributed by atoms with van der Waals surface area (Å²) in [4.78, 5) is 0. The maximum atomic E-state index is 9.60. The first kappa shape index (κ1) is 9.57. The van der Waals surface area contributed by atoms with Crippen molar-refractivity contribution in [3.8, 4) is 0 Å². The number of rotatable bonds is 2. The van der Waals surface area contributed by atoms with Crippen LogP contribution in [-0.2, 0) is 11.3 Å². The predicted octanol–water partition coefficient (Wildman–Crippen LogP) is -1.21. The molecule has 1 fully saturated rings. The van der Waals surface area contributed by atoms with E-state index in [1.165, 1.54) is 0 Å². The number of aromatic nitrogens is 3. The van der Waals surface area contributed by atoms with Gasteiger partial charge in [0.1, 0.15) is 12.2 Å². The highest BCUT2D eigenvalue weighted by Gasteiger charge is 2.31. The standard InChI is InChI=1S/C8H13N3O3/c12-6-1-4-14-7(8(6)13)5-11-3-2-9-10-11/h2-3,6-8,12-13H,1,4-5H2/t6?,7?,8-/m0/s1. The SMILES string of the molecule is OC1CCOC(Cn2ccnn2)[C@H]1O. The first-order valence-electron chi connectivity index (χ1n) is 4.59. The molecule has 1 aliphatic rings. The summed E-state index contributed by atoms with van der Waals surface area (Å²) in [6, 6.07) is 0. The second-order valence-electron chi connectivity index (χ2n) is 3.38. The van der Waals surface area contributed by atoms with Crippen LogP contribution < -0.4 is 0 Å². The van der Waals surface area contributed by atoms with E-state index in [1.54, 1.807) is 17.1 Å². The Morgan fingerprint density at radius 3 is 3.07 bits per heavy atom. The summed E-state index contributed by atoms with van der Waals surface area (Å²) in [5, 5.41) is 26.4. The largest absolute Gasteiger partial charge is 0.390 e. The third-order valence-electron chi connectivity index (χ3n) is 2.36. The highest BCUT2D eigenvalue weighted by molar-refractivity contribution is 4.81. The smallest absolute Gasteiger partial charge is 0.108 e. The second kappa shape index (κ2) is 4.04. The van der Waals surface area contributed by atoms with Gasteiger partial charge in [-0.2, -0.15) is 0 Å². The first-order valence-corrected chi connectivity index (χ1v) is 4.59. The van der Waals surface area contributed by atoms with Crippen LogP contribution in [0, 0.1) is 0 Å². The van der Waals surface area contributed by atoms with E-state index >= 15 is 0 Å². The maximum Gasteiger partial charge on any atom is 0.108 e. The second-order valence-corrected chi connectivity index (χ2v) is 3.38. The van der Waals surface area contributed by atoms with Crippen LogP contribution in [-0.4, -0.2) is 50.1 Å². The molecule has 14 heavy (non-hydrogen) atoms. The molecule has 1 saturated heterocycles. The molecule has 6 heteroatoms. The average molecular weight is 199 g/mol. The summed E-state index contributed by atoms with van der Waals surface area (Å²) in [6.45, 7) is 0.885. The van der Waals surface area contributed by atoms with Crippen molar-refractivity contribution in [2.45, 2.75) is 31.3 Å². The fraction of sp³-hybridized carbons (Fsp3) is 0.750. The zero-order chi connectivity index (χ0) is 9.97. The first-order chi connectivity index (χ1) is 6.77. The molecular formula is C8H13N3O3. The Labute approximate surface area is 81.1 Å². The molecule has 0 aliphatic carbocycles. The van der Waals surface area contributed by atoms with Crippen LogP contribution in [0.4, 0.5) is 0 Å². The Balaban J connectivity index is 1.97. The van der Waals surface area contributed by atoms with Gasteiger partial charge in [0.25, 0.3) is 0 Å². The van der Waals surface area contributed by atoms with Crippen LogP contribution in [0.15, 0.2) is 12.4 Å². The number of ether oxygens (including phenoxy) is 1. The molecule has 3 atom stereocenters. The van der Waals surface area contributed by atoms with Crippen molar-refractivity contribution >= 4 is 0 Å². The minimum atomic E-state index is -0.840. The molecule has 78 valence electrons. The van der Waals surface area contributed by atoms with Crippen molar-refractivity contribution in [2.24, 2.45) is 0 Å². The van der Waals surface area contributed by atoms with Gasteiger partial charge in [0.15, 0.2) is 0 Å². The fourth-order valence-corrected chi connectivity index (χ4v) is 1.53. The summed E-state index contributed by atoms with van der Waals surface area (Å²) in [5.41, 5.74) is 0. The molecule has 0 radical (unpaired) electrons. The quantitative estimate of drug-likeness (QED) is 0.624. The molecule has 2 rings (SSSR count). The molecule has 1 aromatic rings. The van der Waals surface area contributed by atoms with E-state index in [4.69, 9.17) is 4.74 Å². The van der Waals surface area contributed by atoms with Gasteiger partial charge in [-0.05, 0) is 6.42 Å². The summed E-state index contributed by atoms with van der Waals surface area (Å²) in [6.07, 6.45) is 1.79. The topological polar surface area (TPSA) is 80.4 Å². The molecule has 6 nitrogen and oxygen atoms in total. The highest BCUT2D eigenvalue weighted by Crippen LogP contribution is 2.15. The van der Waals surface area contributed by atoms with Gasteiger partial charge in [-0.3, -0.25) is 0 Å². The zero-order valence-corrected chi connectivity index (χ0v) is 7.65. The number of nitrogens with zero attached hydrogens (tertiary/aromatic N) is 3. The van der Waals surface area contributed by atoms with E-state index in [0.717, 1.165) is 0 Å². The van der Waals surface area contributed by atoms with Crippen LogP contribution >= 0.6 is 0 Å². The Kier molecular flexibility index (Phi) is 2.76. The van der Waals surface area contributed by atoms with Crippen molar-refractivity contribution in [3.63, 3.8) is 0 Å². The number of hydrogen-bond acceptors (Lipinski definition) is 5. The summed E-state index contributed by atoms with van der Waals surface area (Å²) >= 11 is 0. The summed E-state index contributed by atoms with van der Waals surface area (Å²) < 4.78 is 6.91. The Morgan fingerprint density at radius 1 is 1.50 bits per heavy atom. The molecular weight excluding hydrogens is 186 g/mol. The Bertz CT molecular complexity index is 277.